The van der Waals surface area contributed by atoms with Crippen LogP contribution in [0, 0.1) is 0 Å². The molecule has 0 aliphatic heterocycles. The number of phenolic OH excluding ortho intramolecular Hbond substituents is 2. The number of hydrogen-bond acceptors (Lipinski definition) is 9. The van der Waals surface area contributed by atoms with E-state index in [1.807, 2.05) is 0 Å². The van der Waals surface area contributed by atoms with E-state index < -0.39 is 60.2 Å². The fourth-order valence-electron chi connectivity index (χ4n) is 4.03. The van der Waals surface area contributed by atoms with Gasteiger partial charge in [-0.15, -0.1) is 0 Å². The van der Waals surface area contributed by atoms with Gasteiger partial charge in [0.25, 0.3) is 0 Å². The van der Waals surface area contributed by atoms with Crippen molar-refractivity contribution in [1.29, 1.82) is 0 Å². The molecular formula is C28H38N8O8. The van der Waals surface area contributed by atoms with Gasteiger partial charge in [0.1, 0.15) is 29.6 Å². The summed E-state index contributed by atoms with van der Waals surface area (Å²) in [6.07, 6.45) is -0.405. The Balaban J connectivity index is 2.23. The summed E-state index contributed by atoms with van der Waals surface area (Å²) >= 11 is 0. The third-order valence-electron chi connectivity index (χ3n) is 6.34. The number of carboxylic acid groups (broad SMARTS) is 1. The number of carbonyl (C=O) groups excluding carboxylic acids is 4. The molecule has 16 nitrogen and oxygen atoms in total. The van der Waals surface area contributed by atoms with Crippen LogP contribution in [0.3, 0.4) is 0 Å². The third-order valence-corrected chi connectivity index (χ3v) is 6.34. The fraction of sp³-hybridized carbons (Fsp3) is 0.357. The third kappa shape index (κ3) is 12.2. The van der Waals surface area contributed by atoms with Gasteiger partial charge < -0.3 is 54.2 Å². The zero-order valence-electron chi connectivity index (χ0n) is 23.8. The molecule has 4 unspecified atom stereocenters. The predicted molar refractivity (Wildman–Crippen MR) is 159 cm³/mol. The summed E-state index contributed by atoms with van der Waals surface area (Å²) in [7, 11) is 0. The van der Waals surface area contributed by atoms with Gasteiger partial charge in [-0.3, -0.25) is 24.2 Å². The lowest BCUT2D eigenvalue weighted by Crippen LogP contribution is -2.58. The molecule has 238 valence electrons. The molecule has 0 heterocycles. The Labute approximate surface area is 252 Å². The maximum atomic E-state index is 13.4. The SMILES string of the molecule is NC(=O)CC(NC(=O)C(N)CCCN=C(N)N)C(=O)NC(Cc1ccc(O)cc1)C(=O)NC(Cc1ccc(O)cc1)C(=O)O. The molecule has 0 aliphatic rings. The van der Waals surface area contributed by atoms with E-state index in [1.165, 1.54) is 48.5 Å². The van der Waals surface area contributed by atoms with Crippen molar-refractivity contribution < 1.29 is 39.3 Å². The number of nitrogens with zero attached hydrogens (tertiary/aromatic N) is 1. The van der Waals surface area contributed by atoms with Crippen LogP contribution in [0.2, 0.25) is 0 Å². The van der Waals surface area contributed by atoms with Crippen molar-refractivity contribution >= 4 is 35.6 Å². The highest BCUT2D eigenvalue weighted by atomic mass is 16.4. The first kappa shape index (κ1) is 34.8. The zero-order valence-corrected chi connectivity index (χ0v) is 23.8. The lowest BCUT2D eigenvalue weighted by Gasteiger charge is -2.25. The van der Waals surface area contributed by atoms with Crippen molar-refractivity contribution in [3.8, 4) is 11.5 Å². The minimum absolute atomic E-state index is 0.0224. The van der Waals surface area contributed by atoms with Crippen LogP contribution in [-0.2, 0) is 36.8 Å². The molecule has 0 aliphatic carbocycles. The Morgan fingerprint density at radius 2 is 1.16 bits per heavy atom. The van der Waals surface area contributed by atoms with Gasteiger partial charge in [0, 0.05) is 19.4 Å². The maximum absolute atomic E-state index is 13.4. The second-order valence-corrected chi connectivity index (χ2v) is 9.99. The normalized spacial score (nSPS) is 13.4. The van der Waals surface area contributed by atoms with Crippen molar-refractivity contribution in [3.05, 3.63) is 59.7 Å². The van der Waals surface area contributed by atoms with E-state index in [0.29, 0.717) is 17.5 Å². The van der Waals surface area contributed by atoms with Crippen LogP contribution in [0.25, 0.3) is 0 Å². The molecule has 14 N–H and O–H groups in total. The Hall–Kier alpha value is -5.38. The smallest absolute Gasteiger partial charge is 0.326 e. The summed E-state index contributed by atoms with van der Waals surface area (Å²) < 4.78 is 0. The summed E-state index contributed by atoms with van der Waals surface area (Å²) in [6, 6.07) is 6.06. The number of primary amides is 1. The average molecular weight is 615 g/mol. The van der Waals surface area contributed by atoms with E-state index in [-0.39, 0.29) is 43.3 Å². The highest BCUT2D eigenvalue weighted by Gasteiger charge is 2.31. The number of aromatic hydroxyl groups is 2. The largest absolute Gasteiger partial charge is 0.508 e. The first-order chi connectivity index (χ1) is 20.7. The minimum Gasteiger partial charge on any atom is -0.508 e. The van der Waals surface area contributed by atoms with Crippen molar-refractivity contribution in [3.63, 3.8) is 0 Å². The van der Waals surface area contributed by atoms with Gasteiger partial charge in [-0.2, -0.15) is 0 Å². The lowest BCUT2D eigenvalue weighted by molar-refractivity contribution is -0.142. The summed E-state index contributed by atoms with van der Waals surface area (Å²) in [5.74, 6) is -5.06. The molecule has 0 radical (unpaired) electrons. The molecule has 0 fully saturated rings. The molecular weight excluding hydrogens is 576 g/mol. The van der Waals surface area contributed by atoms with Gasteiger partial charge in [0.15, 0.2) is 5.96 Å². The number of amides is 4. The van der Waals surface area contributed by atoms with Crippen LogP contribution in [0.1, 0.15) is 30.4 Å². The van der Waals surface area contributed by atoms with E-state index in [1.54, 1.807) is 0 Å². The van der Waals surface area contributed by atoms with Gasteiger partial charge in [-0.05, 0) is 48.2 Å². The molecule has 4 amide bonds. The molecule has 4 atom stereocenters. The molecule has 44 heavy (non-hydrogen) atoms. The number of aliphatic imine (C=N–C) groups is 1. The molecule has 0 aromatic heterocycles. The first-order valence-corrected chi connectivity index (χ1v) is 13.5. The van der Waals surface area contributed by atoms with E-state index in [4.69, 9.17) is 22.9 Å². The number of hydrogen-bond donors (Lipinski definition) is 10. The molecule has 0 bridgehead atoms. The van der Waals surface area contributed by atoms with Crippen LogP contribution < -0.4 is 38.9 Å². The van der Waals surface area contributed by atoms with Crippen LogP contribution in [0.4, 0.5) is 0 Å². The number of carboxylic acids is 1. The average Bonchev–Trinajstić information content (AvgIpc) is 2.95. The second-order valence-electron chi connectivity index (χ2n) is 9.99. The van der Waals surface area contributed by atoms with E-state index >= 15 is 0 Å². The van der Waals surface area contributed by atoms with Gasteiger partial charge in [0.2, 0.25) is 23.6 Å². The van der Waals surface area contributed by atoms with Gasteiger partial charge >= 0.3 is 5.97 Å². The number of nitrogens with two attached hydrogens (primary N) is 4. The Morgan fingerprint density at radius 1 is 0.705 bits per heavy atom. The number of aliphatic carboxylic acids is 1. The molecule has 0 saturated carbocycles. The number of carbonyl (C=O) groups is 5. The number of nitrogens with one attached hydrogen (secondary N) is 3. The summed E-state index contributed by atoms with van der Waals surface area (Å²) in [6.45, 7) is 0.215. The van der Waals surface area contributed by atoms with Crippen LogP contribution in [-0.4, -0.2) is 81.6 Å². The Morgan fingerprint density at radius 3 is 1.64 bits per heavy atom. The van der Waals surface area contributed by atoms with Crippen molar-refractivity contribution in [2.24, 2.45) is 27.9 Å². The number of guanidine groups is 1. The predicted octanol–water partition coefficient (Wildman–Crippen LogP) is -2.32. The quantitative estimate of drug-likeness (QED) is 0.0512. The van der Waals surface area contributed by atoms with Crippen molar-refractivity contribution in [2.75, 3.05) is 6.54 Å². The lowest BCUT2D eigenvalue weighted by atomic mass is 10.0. The van der Waals surface area contributed by atoms with E-state index in [0.717, 1.165) is 0 Å². The van der Waals surface area contributed by atoms with Gasteiger partial charge in [-0.1, -0.05) is 24.3 Å². The highest BCUT2D eigenvalue weighted by molar-refractivity contribution is 5.96. The van der Waals surface area contributed by atoms with Crippen molar-refractivity contribution in [2.45, 2.75) is 56.3 Å². The maximum Gasteiger partial charge on any atom is 0.326 e. The molecule has 0 spiro atoms. The molecule has 2 rings (SSSR count). The van der Waals surface area contributed by atoms with Gasteiger partial charge in [0.05, 0.1) is 12.5 Å². The van der Waals surface area contributed by atoms with Crippen LogP contribution in [0.5, 0.6) is 11.5 Å². The Bertz CT molecular complexity index is 1330. The molecule has 2 aromatic rings. The van der Waals surface area contributed by atoms with Crippen molar-refractivity contribution in [1.82, 2.24) is 16.0 Å². The first-order valence-electron chi connectivity index (χ1n) is 13.5. The second kappa shape index (κ2) is 16.9. The number of phenols is 2. The fourth-order valence-corrected chi connectivity index (χ4v) is 4.03. The van der Waals surface area contributed by atoms with Crippen LogP contribution >= 0.6 is 0 Å². The van der Waals surface area contributed by atoms with E-state index in [9.17, 15) is 39.3 Å². The summed E-state index contributed by atoms with van der Waals surface area (Å²) in [5, 5.41) is 36.1. The Kier molecular flexibility index (Phi) is 13.4. The summed E-state index contributed by atoms with van der Waals surface area (Å²) in [4.78, 5) is 66.9. The minimum atomic E-state index is -1.51. The summed E-state index contributed by atoms with van der Waals surface area (Å²) in [5.41, 5.74) is 22.7. The number of benzene rings is 2. The molecule has 2 aromatic carbocycles. The topological polar surface area (TPSA) is 299 Å². The number of rotatable bonds is 17. The monoisotopic (exact) mass is 614 g/mol. The molecule has 16 heteroatoms. The van der Waals surface area contributed by atoms with E-state index in [2.05, 4.69) is 20.9 Å². The standard InChI is InChI=1S/C28H38N8O8/c29-19(2-1-11-33-28(31)32)24(40)34-21(14-23(30)39)26(42)35-20(12-15-3-7-17(37)8-4-15)25(41)36-22(27(43)44)13-16-5-9-18(38)10-6-16/h3-10,19-22,37-38H,1-2,11-14,29H2,(H2,30,39)(H,34,40)(H,35,42)(H,36,41)(H,43,44)(H4,31,32,33). The highest BCUT2D eigenvalue weighted by Crippen LogP contribution is 2.14. The van der Waals surface area contributed by atoms with Crippen LogP contribution in [0.15, 0.2) is 53.5 Å². The molecule has 0 saturated heterocycles. The van der Waals surface area contributed by atoms with Gasteiger partial charge in [-0.25, -0.2) is 4.79 Å². The zero-order chi connectivity index (χ0) is 32.8.